The van der Waals surface area contributed by atoms with Crippen molar-refractivity contribution in [3.63, 3.8) is 0 Å². The fourth-order valence-corrected chi connectivity index (χ4v) is 2.75. The van der Waals surface area contributed by atoms with E-state index in [-0.39, 0.29) is 11.6 Å². The van der Waals surface area contributed by atoms with Crippen molar-refractivity contribution in [2.24, 2.45) is 0 Å². The van der Waals surface area contributed by atoms with E-state index in [9.17, 15) is 14.4 Å². The van der Waals surface area contributed by atoms with Crippen LogP contribution in [0.5, 0.6) is 5.75 Å². The molecule has 1 aromatic heterocycles. The summed E-state index contributed by atoms with van der Waals surface area (Å²) in [4.78, 5) is 38.2. The molecule has 2 aromatic rings. The predicted molar refractivity (Wildman–Crippen MR) is 101 cm³/mol. The fourth-order valence-electron chi connectivity index (χ4n) is 2.75. The lowest BCUT2D eigenvalue weighted by Crippen LogP contribution is -2.54. The second kappa shape index (κ2) is 7.49. The second-order valence-corrected chi connectivity index (χ2v) is 6.37. The van der Waals surface area contributed by atoms with E-state index >= 15 is 0 Å². The monoisotopic (exact) mass is 367 g/mol. The molecule has 3 rings (SSSR count). The average molecular weight is 367 g/mol. The number of nitrogens with one attached hydrogen (secondary N) is 1. The van der Waals surface area contributed by atoms with E-state index < -0.39 is 17.8 Å². The van der Waals surface area contributed by atoms with Crippen LogP contribution < -0.4 is 15.0 Å². The highest BCUT2D eigenvalue weighted by Gasteiger charge is 2.36. The summed E-state index contributed by atoms with van der Waals surface area (Å²) in [5.74, 6) is -0.734. The van der Waals surface area contributed by atoms with Crippen molar-refractivity contribution in [3.05, 3.63) is 53.9 Å². The van der Waals surface area contributed by atoms with Gasteiger partial charge in [-0.15, -0.1) is 0 Å². The molecule has 1 saturated heterocycles. The highest BCUT2D eigenvalue weighted by atomic mass is 16.5. The minimum Gasteiger partial charge on any atom is -0.494 e. The number of urea groups is 1. The summed E-state index contributed by atoms with van der Waals surface area (Å²) in [6.07, 6.45) is 5.21. The molecule has 7 nitrogen and oxygen atoms in total. The molecule has 2 heterocycles. The quantitative estimate of drug-likeness (QED) is 0.650. The van der Waals surface area contributed by atoms with Crippen LogP contribution in [0.2, 0.25) is 0 Å². The highest BCUT2D eigenvalue weighted by Crippen LogP contribution is 2.24. The van der Waals surface area contributed by atoms with Gasteiger partial charge in [0, 0.05) is 18.4 Å². The van der Waals surface area contributed by atoms with Crippen molar-refractivity contribution < 1.29 is 19.1 Å². The van der Waals surface area contributed by atoms with Crippen molar-refractivity contribution in [1.29, 1.82) is 0 Å². The summed E-state index contributed by atoms with van der Waals surface area (Å²) in [5, 5.41) is 2.22. The van der Waals surface area contributed by atoms with Gasteiger partial charge in [-0.1, -0.05) is 0 Å². The lowest BCUT2D eigenvalue weighted by Gasteiger charge is -2.26. The molecular formula is C20H21N3O4. The van der Waals surface area contributed by atoms with Gasteiger partial charge < -0.3 is 9.30 Å². The third kappa shape index (κ3) is 3.76. The van der Waals surface area contributed by atoms with Crippen LogP contribution in [0, 0.1) is 0 Å². The van der Waals surface area contributed by atoms with Gasteiger partial charge in [-0.3, -0.25) is 14.9 Å². The van der Waals surface area contributed by atoms with Crippen molar-refractivity contribution >= 4 is 29.6 Å². The van der Waals surface area contributed by atoms with Gasteiger partial charge in [0.25, 0.3) is 11.8 Å². The Morgan fingerprint density at radius 3 is 2.41 bits per heavy atom. The van der Waals surface area contributed by atoms with Crippen LogP contribution in [0.25, 0.3) is 6.08 Å². The molecule has 1 aliphatic heterocycles. The van der Waals surface area contributed by atoms with E-state index in [0.717, 1.165) is 4.90 Å². The van der Waals surface area contributed by atoms with E-state index in [0.29, 0.717) is 23.6 Å². The van der Waals surface area contributed by atoms with Crippen molar-refractivity contribution in [1.82, 2.24) is 9.88 Å². The molecule has 0 unspecified atom stereocenters. The first-order valence-corrected chi connectivity index (χ1v) is 8.72. The number of ether oxygens (including phenoxy) is 1. The number of carbonyl (C=O) groups is 3. The van der Waals surface area contributed by atoms with Crippen LogP contribution in [-0.4, -0.2) is 29.0 Å². The first-order chi connectivity index (χ1) is 12.9. The van der Waals surface area contributed by atoms with Gasteiger partial charge in [-0.25, -0.2) is 9.69 Å². The van der Waals surface area contributed by atoms with E-state index in [2.05, 4.69) is 5.32 Å². The molecular weight excluding hydrogens is 346 g/mol. The first kappa shape index (κ1) is 18.4. The molecule has 0 aliphatic carbocycles. The maximum atomic E-state index is 12.8. The van der Waals surface area contributed by atoms with Gasteiger partial charge in [0.05, 0.1) is 12.3 Å². The fraction of sp³-hybridized carbons (Fsp3) is 0.250. The molecule has 0 radical (unpaired) electrons. The lowest BCUT2D eigenvalue weighted by molar-refractivity contribution is -0.122. The molecule has 1 N–H and O–H groups in total. The number of imide groups is 2. The highest BCUT2D eigenvalue weighted by molar-refractivity contribution is 6.39. The van der Waals surface area contributed by atoms with Crippen LogP contribution in [0.4, 0.5) is 10.5 Å². The largest absolute Gasteiger partial charge is 0.494 e. The smallest absolute Gasteiger partial charge is 0.335 e. The Kier molecular flexibility index (Phi) is 5.12. The summed E-state index contributed by atoms with van der Waals surface area (Å²) >= 11 is 0. The molecule has 0 bridgehead atoms. The number of rotatable bonds is 5. The minimum atomic E-state index is -0.772. The zero-order chi connectivity index (χ0) is 19.6. The van der Waals surface area contributed by atoms with Crippen LogP contribution in [0.1, 0.15) is 32.4 Å². The Morgan fingerprint density at radius 1 is 1.11 bits per heavy atom. The molecule has 7 heteroatoms. The Morgan fingerprint density at radius 2 is 1.81 bits per heavy atom. The number of nitrogens with zero attached hydrogens (tertiary/aromatic N) is 2. The topological polar surface area (TPSA) is 80.6 Å². The normalized spacial score (nSPS) is 16.2. The van der Waals surface area contributed by atoms with Crippen molar-refractivity contribution in [2.45, 2.75) is 26.8 Å². The summed E-state index contributed by atoms with van der Waals surface area (Å²) < 4.78 is 7.33. The zero-order valence-corrected chi connectivity index (χ0v) is 15.4. The van der Waals surface area contributed by atoms with Crippen molar-refractivity contribution in [3.8, 4) is 5.75 Å². The molecule has 1 fully saturated rings. The summed E-state index contributed by atoms with van der Waals surface area (Å²) in [5.41, 5.74) is 0.979. The SMILES string of the molecule is CCOc1ccc(N2C(=O)NC(=O)/C(=C/c3ccn(C(C)C)c3)C2=O)cc1. The second-order valence-electron chi connectivity index (χ2n) is 6.37. The lowest BCUT2D eigenvalue weighted by atomic mass is 10.1. The number of hydrogen-bond acceptors (Lipinski definition) is 4. The number of hydrogen-bond donors (Lipinski definition) is 1. The summed E-state index contributed by atoms with van der Waals surface area (Å²) in [7, 11) is 0. The molecule has 0 saturated carbocycles. The van der Waals surface area contributed by atoms with Gasteiger partial charge in [-0.05, 0) is 62.7 Å². The van der Waals surface area contributed by atoms with Crippen LogP contribution >= 0.6 is 0 Å². The maximum Gasteiger partial charge on any atom is 0.335 e. The first-order valence-electron chi connectivity index (χ1n) is 8.72. The average Bonchev–Trinajstić information content (AvgIpc) is 3.09. The number of aromatic nitrogens is 1. The van der Waals surface area contributed by atoms with Gasteiger partial charge in [0.2, 0.25) is 0 Å². The van der Waals surface area contributed by atoms with Crippen LogP contribution in [0.3, 0.4) is 0 Å². The Hall–Kier alpha value is -3.35. The van der Waals surface area contributed by atoms with Gasteiger partial charge in [0.1, 0.15) is 11.3 Å². The Balaban J connectivity index is 1.92. The predicted octanol–water partition coefficient (Wildman–Crippen LogP) is 3.13. The molecule has 27 heavy (non-hydrogen) atoms. The van der Waals surface area contributed by atoms with Gasteiger partial charge in [0.15, 0.2) is 0 Å². The third-order valence-electron chi connectivity index (χ3n) is 4.15. The minimum absolute atomic E-state index is 0.0926. The van der Waals surface area contributed by atoms with Crippen LogP contribution in [0.15, 0.2) is 48.3 Å². The van der Waals surface area contributed by atoms with Crippen molar-refractivity contribution in [2.75, 3.05) is 11.5 Å². The molecule has 1 aromatic carbocycles. The van der Waals surface area contributed by atoms with E-state index in [1.807, 2.05) is 43.8 Å². The standard InChI is InChI=1S/C20H21N3O4/c1-4-27-16-7-5-15(6-8-16)23-19(25)17(18(24)21-20(23)26)11-14-9-10-22(12-14)13(2)3/h5-13H,4H2,1-3H3,(H,21,24,26)/b17-11-. The summed E-state index contributed by atoms with van der Waals surface area (Å²) in [6.45, 7) is 6.44. The van der Waals surface area contributed by atoms with E-state index in [1.165, 1.54) is 6.08 Å². The number of anilines is 1. The molecule has 140 valence electrons. The zero-order valence-electron chi connectivity index (χ0n) is 15.4. The molecule has 0 spiro atoms. The molecule has 0 atom stereocenters. The number of amides is 4. The number of barbiturate groups is 1. The summed E-state index contributed by atoms with van der Waals surface area (Å²) in [6, 6.07) is 7.84. The molecule has 4 amide bonds. The van der Waals surface area contributed by atoms with Gasteiger partial charge >= 0.3 is 6.03 Å². The molecule has 1 aliphatic rings. The number of benzene rings is 1. The maximum absolute atomic E-state index is 12.8. The Labute approximate surface area is 157 Å². The number of carbonyl (C=O) groups excluding carboxylic acids is 3. The Bertz CT molecular complexity index is 910. The van der Waals surface area contributed by atoms with Gasteiger partial charge in [-0.2, -0.15) is 0 Å². The van der Waals surface area contributed by atoms with E-state index in [1.54, 1.807) is 24.3 Å². The van der Waals surface area contributed by atoms with Crippen LogP contribution in [-0.2, 0) is 9.59 Å². The third-order valence-corrected chi connectivity index (χ3v) is 4.15. The van der Waals surface area contributed by atoms with E-state index in [4.69, 9.17) is 4.74 Å².